The number of benzene rings is 1. The molecule has 1 aliphatic rings. The Bertz CT molecular complexity index is 1000. The van der Waals surface area contributed by atoms with Gasteiger partial charge in [0.1, 0.15) is 0 Å². The number of fused-ring (bicyclic) bond motifs is 1. The minimum atomic E-state index is -4.37. The van der Waals surface area contributed by atoms with Crippen molar-refractivity contribution < 1.29 is 44.3 Å². The number of halogens is 3. The molecule has 2 atom stereocenters. The van der Waals surface area contributed by atoms with Crippen LogP contribution >= 0.6 is 0 Å². The molecule has 0 saturated carbocycles. The van der Waals surface area contributed by atoms with Crippen LogP contribution in [-0.2, 0) is 6.18 Å². The van der Waals surface area contributed by atoms with E-state index in [1.54, 1.807) is 6.20 Å². The van der Waals surface area contributed by atoms with Gasteiger partial charge in [0.15, 0.2) is 0 Å². The first-order chi connectivity index (χ1) is 15.3. The molecular weight excluding hydrogens is 649 g/mol. The van der Waals surface area contributed by atoms with Gasteiger partial charge < -0.3 is 10.6 Å². The molecule has 7 heteroatoms. The van der Waals surface area contributed by atoms with Crippen molar-refractivity contribution in [1.82, 2.24) is 15.6 Å². The minimum Gasteiger partial charge on any atom is -0.422 e. The summed E-state index contributed by atoms with van der Waals surface area (Å²) in [7, 11) is 0. The Labute approximate surface area is 218 Å². The van der Waals surface area contributed by atoms with Gasteiger partial charge in [-0.3, -0.25) is 4.98 Å². The van der Waals surface area contributed by atoms with Crippen molar-refractivity contribution in [1.29, 1.82) is 0 Å². The first kappa shape index (κ1) is 27.8. The topological polar surface area (TPSA) is 37.0 Å². The molecule has 0 saturated heterocycles. The van der Waals surface area contributed by atoms with E-state index < -0.39 is 11.7 Å². The maximum Gasteiger partial charge on any atom is 0.381 e. The molecule has 0 amide bonds. The van der Waals surface area contributed by atoms with Crippen LogP contribution in [-0.4, -0.2) is 17.6 Å². The first-order valence-electron chi connectivity index (χ1n) is 11.6. The fourth-order valence-electron chi connectivity index (χ4n) is 4.14. The summed E-state index contributed by atoms with van der Waals surface area (Å²) < 4.78 is 38.9. The molecule has 0 fully saturated rings. The normalized spacial score (nSPS) is 15.6. The second-order valence-corrected chi connectivity index (χ2v) is 8.67. The zero-order chi connectivity index (χ0) is 23.1. The summed E-state index contributed by atoms with van der Waals surface area (Å²) in [5.41, 5.74) is 1.86. The quantitative estimate of drug-likeness (QED) is 0.376. The molecule has 178 valence electrons. The number of nitrogens with one attached hydrogen (secondary N) is 2. The second-order valence-electron chi connectivity index (χ2n) is 8.67. The summed E-state index contributed by atoms with van der Waals surface area (Å²) in [5, 5.41) is 9.19. The van der Waals surface area contributed by atoms with Crippen LogP contribution in [0.1, 0.15) is 70.4 Å². The van der Waals surface area contributed by atoms with E-state index in [-0.39, 0.29) is 31.1 Å². The van der Waals surface area contributed by atoms with Gasteiger partial charge in [-0.05, 0) is 41.3 Å². The Kier molecular flexibility index (Phi) is 10.8. The summed E-state index contributed by atoms with van der Waals surface area (Å²) >= 11 is 0. The Balaban J connectivity index is 0.00000385. The van der Waals surface area contributed by atoms with E-state index in [4.69, 9.17) is 0 Å². The molecule has 2 N–H and O–H groups in total. The maximum absolute atomic E-state index is 13.0. The second kappa shape index (κ2) is 12.9. The molecule has 1 aromatic carbocycles. The molecule has 2 aromatic rings. The summed E-state index contributed by atoms with van der Waals surface area (Å²) in [5.74, 6) is 0.645. The third kappa shape index (κ3) is 7.52. The third-order valence-electron chi connectivity index (χ3n) is 6.17. The average molecular weight is 683 g/mol. The van der Waals surface area contributed by atoms with Crippen molar-refractivity contribution in [2.75, 3.05) is 6.54 Å². The minimum absolute atomic E-state index is 0. The zero-order valence-corrected chi connectivity index (χ0v) is 23.8. The predicted molar refractivity (Wildman–Crippen MR) is 123 cm³/mol. The fraction of sp³-hybridized carbons (Fsp3) is 0.500. The van der Waals surface area contributed by atoms with Gasteiger partial charge >= 0.3 is 6.18 Å². The maximum atomic E-state index is 13.0. The van der Waals surface area contributed by atoms with E-state index in [2.05, 4.69) is 42.5 Å². The molecule has 2 unspecified atom stereocenters. The standard InChI is InChI=1S/C26H33F3N3.U/c1-4-6-7-21(16-18(3)5-2)32-24-13-15-31-25(22-12-14-30-17-23(22)24)19-8-10-20(11-9-19)26(27,28)29;/h8,10-12,14,17-18,21,31-32H,4-7,13,15-16H2,1-3H3;/q-1;. The predicted octanol–water partition coefficient (Wildman–Crippen LogP) is 4.74. The zero-order valence-electron chi connectivity index (χ0n) is 19.6. The molecule has 3 nitrogen and oxygen atoms in total. The van der Waals surface area contributed by atoms with Crippen molar-refractivity contribution in [3.63, 3.8) is 0 Å². The Morgan fingerprint density at radius 1 is 1.18 bits per heavy atom. The average Bonchev–Trinajstić information content (AvgIpc) is 2.96. The van der Waals surface area contributed by atoms with Crippen LogP contribution in [0.4, 0.5) is 13.2 Å². The van der Waals surface area contributed by atoms with Gasteiger partial charge in [0.05, 0.1) is 0 Å². The van der Waals surface area contributed by atoms with Crippen LogP contribution < -0.4 is 21.1 Å². The molecule has 33 heavy (non-hydrogen) atoms. The van der Waals surface area contributed by atoms with Gasteiger partial charge in [0.2, 0.25) is 0 Å². The smallest absolute Gasteiger partial charge is 0.381 e. The molecule has 3 rings (SSSR count). The van der Waals surface area contributed by atoms with E-state index in [1.807, 2.05) is 12.3 Å². The van der Waals surface area contributed by atoms with Crippen LogP contribution in [0.2, 0.25) is 0 Å². The number of nitrogens with zero attached hydrogens (tertiary/aromatic N) is 1. The summed E-state index contributed by atoms with van der Waals surface area (Å²) in [6.07, 6.45) is 5.74. The van der Waals surface area contributed by atoms with Gasteiger partial charge in [-0.25, -0.2) is 0 Å². The fourth-order valence-corrected chi connectivity index (χ4v) is 4.14. The van der Waals surface area contributed by atoms with E-state index in [0.717, 1.165) is 66.1 Å². The Morgan fingerprint density at radius 2 is 1.97 bits per heavy atom. The Hall–Kier alpha value is -1.45. The molecule has 1 aliphatic heterocycles. The summed E-state index contributed by atoms with van der Waals surface area (Å²) in [4.78, 5) is 4.35. The SMILES string of the molecule is CCCCC(CC(C)CC)NC1=c2cnccc2=C(c2[c-]cc(C(F)(F)F)cc2)NCC1.[U]. The molecule has 1 aromatic heterocycles. The molecule has 0 spiro atoms. The van der Waals surface area contributed by atoms with Crippen molar-refractivity contribution in [2.45, 2.75) is 71.5 Å². The van der Waals surface area contributed by atoms with Crippen molar-refractivity contribution >= 4 is 11.4 Å². The van der Waals surface area contributed by atoms with E-state index in [0.29, 0.717) is 24.1 Å². The number of pyridine rings is 1. The van der Waals surface area contributed by atoms with Crippen LogP contribution in [0.5, 0.6) is 0 Å². The number of aromatic nitrogens is 1. The van der Waals surface area contributed by atoms with Crippen LogP contribution in [0.3, 0.4) is 0 Å². The van der Waals surface area contributed by atoms with Gasteiger partial charge in [-0.1, -0.05) is 40.0 Å². The van der Waals surface area contributed by atoms with Gasteiger partial charge in [-0.2, -0.15) is 13.2 Å². The van der Waals surface area contributed by atoms with Crippen LogP contribution in [0.25, 0.3) is 11.4 Å². The van der Waals surface area contributed by atoms with Gasteiger partial charge in [0, 0.05) is 73.4 Å². The monoisotopic (exact) mass is 682 g/mol. The van der Waals surface area contributed by atoms with E-state index >= 15 is 0 Å². The van der Waals surface area contributed by atoms with E-state index in [9.17, 15) is 13.2 Å². The third-order valence-corrected chi connectivity index (χ3v) is 6.17. The molecule has 0 aliphatic carbocycles. The van der Waals surface area contributed by atoms with E-state index in [1.165, 1.54) is 12.5 Å². The molecule has 2 heterocycles. The molecule has 0 radical (unpaired) electrons. The van der Waals surface area contributed by atoms with Crippen molar-refractivity contribution in [3.05, 3.63) is 64.3 Å². The number of hydrogen-bond acceptors (Lipinski definition) is 3. The van der Waals surface area contributed by atoms with Crippen molar-refractivity contribution in [3.8, 4) is 0 Å². The van der Waals surface area contributed by atoms with Crippen molar-refractivity contribution in [2.24, 2.45) is 5.92 Å². The molecular formula is C26H33F3N3U-. The van der Waals surface area contributed by atoms with Crippen LogP contribution in [0, 0.1) is 43.1 Å². The summed E-state index contributed by atoms with van der Waals surface area (Å²) in [6.45, 7) is 7.42. The van der Waals surface area contributed by atoms with Gasteiger partial charge in [-0.15, -0.1) is 29.8 Å². The number of hydrogen-bond donors (Lipinski definition) is 2. The number of unbranched alkanes of at least 4 members (excludes halogenated alkanes) is 1. The van der Waals surface area contributed by atoms with Gasteiger partial charge in [0.25, 0.3) is 0 Å². The molecule has 0 bridgehead atoms. The first-order valence-corrected chi connectivity index (χ1v) is 11.6. The van der Waals surface area contributed by atoms with Crippen LogP contribution in [0.15, 0.2) is 36.7 Å². The number of rotatable bonds is 9. The Morgan fingerprint density at radius 3 is 2.61 bits per heavy atom. The number of alkyl halides is 3. The largest absolute Gasteiger partial charge is 0.422 e. The summed E-state index contributed by atoms with van der Waals surface area (Å²) in [6, 6.07) is 8.77.